The molecule has 19 heavy (non-hydrogen) atoms. The van der Waals surface area contributed by atoms with Gasteiger partial charge in [-0.05, 0) is 37.5 Å². The van der Waals surface area contributed by atoms with Gasteiger partial charge < -0.3 is 10.6 Å². The lowest BCUT2D eigenvalue weighted by molar-refractivity contribution is -0.122. The molecule has 1 saturated carbocycles. The van der Waals surface area contributed by atoms with Crippen LogP contribution in [0.2, 0.25) is 0 Å². The van der Waals surface area contributed by atoms with Crippen LogP contribution < -0.4 is 10.6 Å². The normalized spacial score (nSPS) is 16.2. The SMILES string of the molecule is CC(NCCNC(=O)C1CC1)c1cc(F)cc(F)c1. The summed E-state index contributed by atoms with van der Waals surface area (Å²) in [6.45, 7) is 2.92. The van der Waals surface area contributed by atoms with Crippen LogP contribution in [0.1, 0.15) is 31.4 Å². The Hall–Kier alpha value is -1.49. The minimum Gasteiger partial charge on any atom is -0.355 e. The molecule has 3 nitrogen and oxygen atoms in total. The Kier molecular flexibility index (Phi) is 4.47. The van der Waals surface area contributed by atoms with Crippen molar-refractivity contribution in [1.29, 1.82) is 0 Å². The molecular weight excluding hydrogens is 250 g/mol. The molecule has 0 radical (unpaired) electrons. The second-order valence-corrected chi connectivity index (χ2v) is 4.94. The van der Waals surface area contributed by atoms with Crippen molar-refractivity contribution < 1.29 is 13.6 Å². The number of rotatable bonds is 6. The van der Waals surface area contributed by atoms with E-state index < -0.39 is 11.6 Å². The zero-order chi connectivity index (χ0) is 13.8. The standard InChI is InChI=1S/C14H18F2N2O/c1-9(11-6-12(15)8-13(16)7-11)17-4-5-18-14(19)10-2-3-10/h6-10,17H,2-5H2,1H3,(H,18,19). The number of carbonyl (C=O) groups is 1. The molecule has 1 amide bonds. The van der Waals surface area contributed by atoms with Gasteiger partial charge in [-0.3, -0.25) is 4.79 Å². The fraction of sp³-hybridized carbons (Fsp3) is 0.500. The third-order valence-corrected chi connectivity index (χ3v) is 3.21. The fourth-order valence-corrected chi connectivity index (χ4v) is 1.91. The molecule has 0 aliphatic heterocycles. The molecule has 0 heterocycles. The molecule has 2 rings (SSSR count). The summed E-state index contributed by atoms with van der Waals surface area (Å²) in [5.74, 6) is -0.850. The number of nitrogens with one attached hydrogen (secondary N) is 2. The highest BCUT2D eigenvalue weighted by Gasteiger charge is 2.28. The highest BCUT2D eigenvalue weighted by molar-refractivity contribution is 5.80. The second-order valence-electron chi connectivity index (χ2n) is 4.94. The summed E-state index contributed by atoms with van der Waals surface area (Å²) >= 11 is 0. The van der Waals surface area contributed by atoms with Gasteiger partial charge in [-0.15, -0.1) is 0 Å². The van der Waals surface area contributed by atoms with Crippen molar-refractivity contribution in [1.82, 2.24) is 10.6 Å². The van der Waals surface area contributed by atoms with Gasteiger partial charge in [0.15, 0.2) is 0 Å². The molecule has 1 aliphatic carbocycles. The molecule has 1 fully saturated rings. The van der Waals surface area contributed by atoms with Gasteiger partial charge in [0.1, 0.15) is 11.6 Å². The van der Waals surface area contributed by atoms with E-state index in [0.29, 0.717) is 18.7 Å². The molecule has 2 N–H and O–H groups in total. The van der Waals surface area contributed by atoms with E-state index >= 15 is 0 Å². The minimum absolute atomic E-state index is 0.103. The van der Waals surface area contributed by atoms with Gasteiger partial charge in [-0.1, -0.05) is 0 Å². The highest BCUT2D eigenvalue weighted by atomic mass is 19.1. The first kappa shape index (κ1) is 13.9. The number of hydrogen-bond acceptors (Lipinski definition) is 2. The summed E-state index contributed by atoms with van der Waals surface area (Å²) in [5.41, 5.74) is 0.561. The Morgan fingerprint density at radius 1 is 1.26 bits per heavy atom. The molecular formula is C14H18F2N2O. The third kappa shape index (κ3) is 4.28. The van der Waals surface area contributed by atoms with E-state index in [0.717, 1.165) is 18.9 Å². The summed E-state index contributed by atoms with van der Waals surface area (Å²) < 4.78 is 26.1. The van der Waals surface area contributed by atoms with Crippen LogP contribution in [0.5, 0.6) is 0 Å². The fourth-order valence-electron chi connectivity index (χ4n) is 1.91. The van der Waals surface area contributed by atoms with E-state index in [1.807, 2.05) is 6.92 Å². The molecule has 0 spiro atoms. The number of carbonyl (C=O) groups excluding carboxylic acids is 1. The van der Waals surface area contributed by atoms with Crippen LogP contribution in [0.15, 0.2) is 18.2 Å². The smallest absolute Gasteiger partial charge is 0.223 e. The third-order valence-electron chi connectivity index (χ3n) is 3.21. The van der Waals surface area contributed by atoms with Crippen LogP contribution in [-0.4, -0.2) is 19.0 Å². The van der Waals surface area contributed by atoms with Gasteiger partial charge in [-0.25, -0.2) is 8.78 Å². The van der Waals surface area contributed by atoms with E-state index in [1.165, 1.54) is 12.1 Å². The van der Waals surface area contributed by atoms with Gasteiger partial charge in [0.05, 0.1) is 0 Å². The molecule has 1 unspecified atom stereocenters. The van der Waals surface area contributed by atoms with Crippen LogP contribution in [0.25, 0.3) is 0 Å². The van der Waals surface area contributed by atoms with Crippen LogP contribution in [0.3, 0.4) is 0 Å². The summed E-state index contributed by atoms with van der Waals surface area (Å²) in [7, 11) is 0. The van der Waals surface area contributed by atoms with E-state index in [9.17, 15) is 13.6 Å². The van der Waals surface area contributed by atoms with Crippen LogP contribution in [-0.2, 0) is 4.79 Å². The maximum atomic E-state index is 13.1. The van der Waals surface area contributed by atoms with Gasteiger partial charge in [-0.2, -0.15) is 0 Å². The number of amides is 1. The Morgan fingerprint density at radius 3 is 2.47 bits per heavy atom. The summed E-state index contributed by atoms with van der Waals surface area (Å²) in [5, 5.41) is 5.94. The lowest BCUT2D eigenvalue weighted by atomic mass is 10.1. The molecule has 1 aromatic rings. The van der Waals surface area contributed by atoms with E-state index in [1.54, 1.807) is 0 Å². The first-order valence-electron chi connectivity index (χ1n) is 6.53. The molecule has 0 saturated heterocycles. The molecule has 0 bridgehead atoms. The van der Waals surface area contributed by atoms with E-state index in [4.69, 9.17) is 0 Å². The van der Waals surface area contributed by atoms with Crippen molar-refractivity contribution in [3.05, 3.63) is 35.4 Å². The Bertz CT molecular complexity index is 441. The molecule has 1 atom stereocenters. The minimum atomic E-state index is -0.578. The van der Waals surface area contributed by atoms with Crippen molar-refractivity contribution in [2.45, 2.75) is 25.8 Å². The first-order valence-corrected chi connectivity index (χ1v) is 6.53. The predicted octanol–water partition coefficient (Wildman–Crippen LogP) is 2.14. The maximum Gasteiger partial charge on any atom is 0.223 e. The second kappa shape index (κ2) is 6.10. The first-order chi connectivity index (χ1) is 9.06. The summed E-state index contributed by atoms with van der Waals surface area (Å²) in [6, 6.07) is 3.31. The Labute approximate surface area is 111 Å². The van der Waals surface area contributed by atoms with Crippen molar-refractivity contribution in [2.24, 2.45) is 5.92 Å². The average molecular weight is 268 g/mol. The quantitative estimate of drug-likeness (QED) is 0.776. The summed E-state index contributed by atoms with van der Waals surface area (Å²) in [6.07, 6.45) is 1.97. The average Bonchev–Trinajstić information content (AvgIpc) is 3.17. The largest absolute Gasteiger partial charge is 0.355 e. The van der Waals surface area contributed by atoms with Crippen LogP contribution >= 0.6 is 0 Å². The van der Waals surface area contributed by atoms with Crippen LogP contribution in [0.4, 0.5) is 8.78 Å². The predicted molar refractivity (Wildman–Crippen MR) is 68.5 cm³/mol. The lowest BCUT2D eigenvalue weighted by Gasteiger charge is -2.14. The number of benzene rings is 1. The molecule has 104 valence electrons. The van der Waals surface area contributed by atoms with Crippen molar-refractivity contribution in [3.8, 4) is 0 Å². The Balaban J connectivity index is 1.73. The van der Waals surface area contributed by atoms with Crippen molar-refractivity contribution >= 4 is 5.91 Å². The monoisotopic (exact) mass is 268 g/mol. The van der Waals surface area contributed by atoms with Crippen molar-refractivity contribution in [2.75, 3.05) is 13.1 Å². The molecule has 5 heteroatoms. The number of hydrogen-bond donors (Lipinski definition) is 2. The summed E-state index contributed by atoms with van der Waals surface area (Å²) in [4.78, 5) is 11.4. The van der Waals surface area contributed by atoms with E-state index in [-0.39, 0.29) is 17.9 Å². The topological polar surface area (TPSA) is 41.1 Å². The van der Waals surface area contributed by atoms with E-state index in [2.05, 4.69) is 10.6 Å². The Morgan fingerprint density at radius 2 is 1.89 bits per heavy atom. The molecule has 1 aliphatic rings. The lowest BCUT2D eigenvalue weighted by Crippen LogP contribution is -2.33. The highest BCUT2D eigenvalue weighted by Crippen LogP contribution is 2.28. The van der Waals surface area contributed by atoms with Gasteiger partial charge in [0.25, 0.3) is 0 Å². The zero-order valence-electron chi connectivity index (χ0n) is 10.9. The zero-order valence-corrected chi connectivity index (χ0v) is 10.9. The van der Waals surface area contributed by atoms with Crippen LogP contribution in [0, 0.1) is 17.6 Å². The van der Waals surface area contributed by atoms with Gasteiger partial charge in [0, 0.05) is 31.1 Å². The molecule has 1 aromatic carbocycles. The maximum absolute atomic E-state index is 13.1. The van der Waals surface area contributed by atoms with Crippen molar-refractivity contribution in [3.63, 3.8) is 0 Å². The van der Waals surface area contributed by atoms with Gasteiger partial charge in [0.2, 0.25) is 5.91 Å². The van der Waals surface area contributed by atoms with Gasteiger partial charge >= 0.3 is 0 Å². The number of halogens is 2. The molecule has 0 aromatic heterocycles.